The maximum Gasteiger partial charge on any atom is 0.327 e. The molecule has 0 bridgehead atoms. The molecule has 0 aliphatic carbocycles. The first-order valence-corrected chi connectivity index (χ1v) is 9.95. The first-order chi connectivity index (χ1) is 10.1. The van der Waals surface area contributed by atoms with Crippen LogP contribution >= 0.6 is 23.5 Å². The molecule has 2 N–H and O–H groups in total. The van der Waals surface area contributed by atoms with Gasteiger partial charge in [0.2, 0.25) is 0 Å². The second-order valence-corrected chi connectivity index (χ2v) is 7.32. The Morgan fingerprint density at radius 3 is 2.76 bits per heavy atom. The minimum Gasteiger partial charge on any atom is -0.480 e. The van der Waals surface area contributed by atoms with Gasteiger partial charge < -0.3 is 10.4 Å². The first kappa shape index (κ1) is 18.5. The molecule has 0 aromatic rings. The van der Waals surface area contributed by atoms with Crippen LogP contribution in [0.25, 0.3) is 0 Å². The lowest BCUT2D eigenvalue weighted by Crippen LogP contribution is -2.50. The second-order valence-electron chi connectivity index (χ2n) is 5.12. The quantitative estimate of drug-likeness (QED) is 0.635. The Morgan fingerprint density at radius 2 is 2.14 bits per heavy atom. The van der Waals surface area contributed by atoms with Crippen LogP contribution in [-0.4, -0.2) is 57.7 Å². The van der Waals surface area contributed by atoms with Crippen LogP contribution in [0, 0.1) is 0 Å². The van der Waals surface area contributed by atoms with Crippen LogP contribution in [0.5, 0.6) is 0 Å². The van der Waals surface area contributed by atoms with Crippen LogP contribution in [0.1, 0.15) is 39.0 Å². The summed E-state index contributed by atoms with van der Waals surface area (Å²) in [5.74, 6) is 0.730. The minimum absolute atomic E-state index is 0.00686. The third kappa shape index (κ3) is 5.98. The summed E-state index contributed by atoms with van der Waals surface area (Å²) in [6, 6.07) is -0.918. The summed E-state index contributed by atoms with van der Waals surface area (Å²) in [4.78, 5) is 25.1. The monoisotopic (exact) mass is 334 g/mol. The van der Waals surface area contributed by atoms with Crippen LogP contribution in [0.3, 0.4) is 0 Å². The molecular formula is C14H26N2O3S2. The Hall–Kier alpha value is -0.560. The van der Waals surface area contributed by atoms with Crippen LogP contribution in [0.4, 0.5) is 4.79 Å². The topological polar surface area (TPSA) is 69.6 Å². The van der Waals surface area contributed by atoms with E-state index in [-0.39, 0.29) is 11.4 Å². The maximum atomic E-state index is 12.3. The highest BCUT2D eigenvalue weighted by Gasteiger charge is 2.40. The Morgan fingerprint density at radius 1 is 1.38 bits per heavy atom. The normalized spacial score (nSPS) is 21.5. The lowest BCUT2D eigenvalue weighted by atomic mass is 10.2. The molecule has 5 nitrogen and oxygen atoms in total. The molecule has 122 valence electrons. The number of carbonyl (C=O) groups is 2. The van der Waals surface area contributed by atoms with E-state index in [1.54, 1.807) is 11.8 Å². The largest absolute Gasteiger partial charge is 0.480 e. The maximum absolute atomic E-state index is 12.3. The number of nitrogens with zero attached hydrogens (tertiary/aromatic N) is 1. The summed E-state index contributed by atoms with van der Waals surface area (Å²) in [7, 11) is 0. The summed E-state index contributed by atoms with van der Waals surface area (Å²) < 4.78 is 0. The van der Waals surface area contributed by atoms with Gasteiger partial charge in [-0.2, -0.15) is 11.8 Å². The standard InChI is InChI=1S/C14H26N2O3S2/c1-3-7-12-16(11(10-21-12)13(17)18)14(19)15-8-5-4-6-9-20-2/h11-12H,3-10H2,1-2H3,(H,15,19)(H,17,18). The van der Waals surface area contributed by atoms with Gasteiger partial charge in [0.1, 0.15) is 6.04 Å². The molecule has 1 fully saturated rings. The SMILES string of the molecule is CCCC1SCC(C(=O)O)N1C(=O)NCCCCCSC. The van der Waals surface area contributed by atoms with E-state index in [1.165, 1.54) is 4.90 Å². The number of hydrogen-bond acceptors (Lipinski definition) is 4. The molecule has 0 radical (unpaired) electrons. The number of carboxylic acids is 1. The number of carboxylic acid groups (broad SMARTS) is 1. The molecule has 0 aromatic carbocycles. The fourth-order valence-electron chi connectivity index (χ4n) is 2.33. The van der Waals surface area contributed by atoms with Gasteiger partial charge in [-0.3, -0.25) is 4.90 Å². The number of carbonyl (C=O) groups excluding carboxylic acids is 1. The fraction of sp³-hybridized carbons (Fsp3) is 0.857. The van der Waals surface area contributed by atoms with Crippen molar-refractivity contribution in [2.24, 2.45) is 0 Å². The molecule has 1 aliphatic heterocycles. The van der Waals surface area contributed by atoms with Gasteiger partial charge in [0.25, 0.3) is 0 Å². The van der Waals surface area contributed by atoms with Crippen molar-refractivity contribution in [1.29, 1.82) is 0 Å². The summed E-state index contributed by atoms with van der Waals surface area (Å²) >= 11 is 3.40. The Bertz CT molecular complexity index is 342. The van der Waals surface area contributed by atoms with E-state index in [0.717, 1.165) is 37.9 Å². The molecule has 1 saturated heterocycles. The van der Waals surface area contributed by atoms with Gasteiger partial charge in [-0.15, -0.1) is 11.8 Å². The lowest BCUT2D eigenvalue weighted by molar-refractivity contribution is -0.141. The van der Waals surface area contributed by atoms with Crippen molar-refractivity contribution in [3.8, 4) is 0 Å². The molecule has 21 heavy (non-hydrogen) atoms. The molecule has 2 unspecified atom stereocenters. The zero-order valence-electron chi connectivity index (χ0n) is 12.8. The van der Waals surface area contributed by atoms with Crippen LogP contribution in [0.15, 0.2) is 0 Å². The van der Waals surface area contributed by atoms with Crippen LogP contribution in [0.2, 0.25) is 0 Å². The molecule has 0 spiro atoms. The van der Waals surface area contributed by atoms with Gasteiger partial charge in [0.15, 0.2) is 0 Å². The van der Waals surface area contributed by atoms with Crippen LogP contribution < -0.4 is 5.32 Å². The first-order valence-electron chi connectivity index (χ1n) is 7.51. The smallest absolute Gasteiger partial charge is 0.327 e. The molecule has 1 aliphatic rings. The van der Waals surface area contributed by atoms with E-state index in [9.17, 15) is 14.7 Å². The van der Waals surface area contributed by atoms with Gasteiger partial charge in [-0.1, -0.05) is 19.8 Å². The number of amides is 2. The van der Waals surface area contributed by atoms with Crippen molar-refractivity contribution in [2.45, 2.75) is 50.4 Å². The number of hydrogen-bond donors (Lipinski definition) is 2. The Balaban J connectivity index is 2.41. The molecule has 7 heteroatoms. The number of thioether (sulfide) groups is 2. The van der Waals surface area contributed by atoms with Crippen LogP contribution in [-0.2, 0) is 4.79 Å². The molecule has 1 rings (SSSR count). The van der Waals surface area contributed by atoms with E-state index in [4.69, 9.17) is 0 Å². The van der Waals surface area contributed by atoms with E-state index in [1.807, 2.05) is 11.8 Å². The van der Waals surface area contributed by atoms with Crippen molar-refractivity contribution in [1.82, 2.24) is 10.2 Å². The third-order valence-electron chi connectivity index (χ3n) is 3.45. The van der Waals surface area contributed by atoms with E-state index >= 15 is 0 Å². The molecule has 1 heterocycles. The Kier molecular flexibility index (Phi) is 8.99. The third-order valence-corrected chi connectivity index (χ3v) is 5.50. The van der Waals surface area contributed by atoms with Gasteiger partial charge in [-0.25, -0.2) is 9.59 Å². The predicted octanol–water partition coefficient (Wildman–Crippen LogP) is 2.86. The highest BCUT2D eigenvalue weighted by Crippen LogP contribution is 2.32. The average molecular weight is 335 g/mol. The molecule has 0 aromatic heterocycles. The summed E-state index contributed by atoms with van der Waals surface area (Å²) in [5, 5.41) is 12.1. The van der Waals surface area contributed by atoms with Gasteiger partial charge in [0.05, 0.1) is 5.37 Å². The van der Waals surface area contributed by atoms with Crippen molar-refractivity contribution in [3.63, 3.8) is 0 Å². The van der Waals surface area contributed by atoms with Crippen molar-refractivity contribution < 1.29 is 14.7 Å². The zero-order chi connectivity index (χ0) is 15.7. The Labute approximate surface area is 135 Å². The van der Waals surface area contributed by atoms with Crippen molar-refractivity contribution in [3.05, 3.63) is 0 Å². The summed E-state index contributed by atoms with van der Waals surface area (Å²) in [6.45, 7) is 2.68. The van der Waals surface area contributed by atoms with Gasteiger partial charge in [-0.05, 0) is 31.3 Å². The van der Waals surface area contributed by atoms with E-state index in [2.05, 4.69) is 18.5 Å². The number of urea groups is 1. The predicted molar refractivity (Wildman–Crippen MR) is 90.0 cm³/mol. The molecule has 2 amide bonds. The summed E-state index contributed by atoms with van der Waals surface area (Å²) in [6.07, 6.45) is 7.08. The highest BCUT2D eigenvalue weighted by atomic mass is 32.2. The number of nitrogens with one attached hydrogen (secondary N) is 1. The molecular weight excluding hydrogens is 308 g/mol. The average Bonchev–Trinajstić information content (AvgIpc) is 2.87. The highest BCUT2D eigenvalue weighted by molar-refractivity contribution is 8.00. The number of unbranched alkanes of at least 4 members (excludes halogenated alkanes) is 2. The zero-order valence-corrected chi connectivity index (χ0v) is 14.5. The van der Waals surface area contributed by atoms with Crippen molar-refractivity contribution >= 4 is 35.5 Å². The van der Waals surface area contributed by atoms with Gasteiger partial charge in [0, 0.05) is 12.3 Å². The van der Waals surface area contributed by atoms with E-state index in [0.29, 0.717) is 12.3 Å². The van der Waals surface area contributed by atoms with E-state index < -0.39 is 12.0 Å². The molecule has 2 atom stereocenters. The number of rotatable bonds is 9. The van der Waals surface area contributed by atoms with Crippen molar-refractivity contribution in [2.75, 3.05) is 24.3 Å². The summed E-state index contributed by atoms with van der Waals surface area (Å²) in [5.41, 5.74) is 0. The molecule has 0 saturated carbocycles. The van der Waals surface area contributed by atoms with Gasteiger partial charge >= 0.3 is 12.0 Å². The number of aliphatic carboxylic acids is 1. The second kappa shape index (κ2) is 10.2. The fourth-order valence-corrected chi connectivity index (χ4v) is 4.34. The lowest BCUT2D eigenvalue weighted by Gasteiger charge is -2.27. The minimum atomic E-state index is -0.906.